The number of carbonyl (C=O) groups is 1. The average molecular weight is 268 g/mol. The predicted molar refractivity (Wildman–Crippen MR) is 73.1 cm³/mol. The molecule has 5 heteroatoms. The maximum Gasteiger partial charge on any atom is 0.407 e. The van der Waals surface area contributed by atoms with E-state index in [9.17, 15) is 4.79 Å². The molecular weight excluding hydrogens is 248 g/mol. The van der Waals surface area contributed by atoms with E-state index in [2.05, 4.69) is 39.4 Å². The Balaban J connectivity index is 2.02. The van der Waals surface area contributed by atoms with Gasteiger partial charge in [0.25, 0.3) is 0 Å². The summed E-state index contributed by atoms with van der Waals surface area (Å²) in [6, 6.07) is 4.45. The van der Waals surface area contributed by atoms with Gasteiger partial charge in [-0.05, 0) is 24.4 Å². The topological polar surface area (TPSA) is 41.6 Å². The third kappa shape index (κ3) is 3.23. The molecule has 1 fully saturated rings. The van der Waals surface area contributed by atoms with E-state index in [0.717, 1.165) is 26.1 Å². The van der Waals surface area contributed by atoms with Gasteiger partial charge in [0.15, 0.2) is 0 Å². The predicted octanol–water partition coefficient (Wildman–Crippen LogP) is 2.28. The molecule has 1 saturated heterocycles. The Kier molecular flexibility index (Phi) is 4.60. The van der Waals surface area contributed by atoms with Crippen LogP contribution in [0.4, 0.5) is 4.79 Å². The SMILES string of the molecule is CCN1CC(NC(=O)OC)CC(c2cccs2)C1. The van der Waals surface area contributed by atoms with Crippen LogP contribution in [0.3, 0.4) is 0 Å². The molecule has 1 aromatic heterocycles. The Bertz CT molecular complexity index is 380. The van der Waals surface area contributed by atoms with Crippen molar-refractivity contribution < 1.29 is 9.53 Å². The third-order valence-corrected chi connectivity index (χ3v) is 4.46. The number of alkyl carbamates (subject to hydrolysis) is 1. The Morgan fingerprint density at radius 1 is 1.61 bits per heavy atom. The van der Waals surface area contributed by atoms with Gasteiger partial charge >= 0.3 is 6.09 Å². The molecule has 4 nitrogen and oxygen atoms in total. The lowest BCUT2D eigenvalue weighted by molar-refractivity contribution is 0.144. The number of nitrogens with zero attached hydrogens (tertiary/aromatic N) is 1. The fraction of sp³-hybridized carbons (Fsp3) is 0.615. The number of methoxy groups -OCH3 is 1. The summed E-state index contributed by atoms with van der Waals surface area (Å²) in [6.45, 7) is 5.16. The molecule has 0 aromatic carbocycles. The zero-order valence-electron chi connectivity index (χ0n) is 10.9. The van der Waals surface area contributed by atoms with Crippen molar-refractivity contribution in [1.29, 1.82) is 0 Å². The van der Waals surface area contributed by atoms with Crippen LogP contribution in [0, 0.1) is 0 Å². The number of thiophene rings is 1. The van der Waals surface area contributed by atoms with Crippen LogP contribution in [0.2, 0.25) is 0 Å². The summed E-state index contributed by atoms with van der Waals surface area (Å²) in [5, 5.41) is 5.04. The number of nitrogens with one attached hydrogen (secondary N) is 1. The number of carbonyl (C=O) groups excluding carboxylic acids is 1. The summed E-state index contributed by atoms with van der Waals surface area (Å²) in [5.74, 6) is 0.515. The molecule has 1 N–H and O–H groups in total. The smallest absolute Gasteiger partial charge is 0.407 e. The lowest BCUT2D eigenvalue weighted by Gasteiger charge is -2.37. The van der Waals surface area contributed by atoms with Crippen molar-refractivity contribution in [2.45, 2.75) is 25.3 Å². The lowest BCUT2D eigenvalue weighted by Crippen LogP contribution is -2.49. The van der Waals surface area contributed by atoms with Gasteiger partial charge in [0.2, 0.25) is 0 Å². The molecule has 18 heavy (non-hydrogen) atoms. The van der Waals surface area contributed by atoms with Crippen molar-refractivity contribution in [3.8, 4) is 0 Å². The summed E-state index contributed by atoms with van der Waals surface area (Å²) in [5.41, 5.74) is 0. The second-order valence-electron chi connectivity index (χ2n) is 4.63. The van der Waals surface area contributed by atoms with E-state index in [0.29, 0.717) is 5.92 Å². The number of hydrogen-bond donors (Lipinski definition) is 1. The van der Waals surface area contributed by atoms with Crippen molar-refractivity contribution in [3.05, 3.63) is 22.4 Å². The first-order valence-electron chi connectivity index (χ1n) is 6.33. The van der Waals surface area contributed by atoms with Crippen LogP contribution in [0.5, 0.6) is 0 Å². The minimum atomic E-state index is -0.331. The van der Waals surface area contributed by atoms with Crippen LogP contribution < -0.4 is 5.32 Å². The first-order chi connectivity index (χ1) is 8.72. The normalized spacial score (nSPS) is 24.8. The summed E-state index contributed by atoms with van der Waals surface area (Å²) in [7, 11) is 1.41. The van der Waals surface area contributed by atoms with E-state index in [-0.39, 0.29) is 12.1 Å². The van der Waals surface area contributed by atoms with Crippen molar-refractivity contribution >= 4 is 17.4 Å². The molecule has 0 saturated carbocycles. The lowest BCUT2D eigenvalue weighted by atomic mass is 9.93. The van der Waals surface area contributed by atoms with Crippen LogP contribution in [-0.2, 0) is 4.74 Å². The summed E-state index contributed by atoms with van der Waals surface area (Å²) in [4.78, 5) is 15.1. The molecule has 1 aliphatic rings. The zero-order chi connectivity index (χ0) is 13.0. The minimum Gasteiger partial charge on any atom is -0.453 e. The van der Waals surface area contributed by atoms with Crippen LogP contribution in [0.15, 0.2) is 17.5 Å². The molecule has 1 aliphatic heterocycles. The van der Waals surface area contributed by atoms with Crippen molar-refractivity contribution in [1.82, 2.24) is 10.2 Å². The van der Waals surface area contributed by atoms with Gasteiger partial charge in [-0.2, -0.15) is 0 Å². The average Bonchev–Trinajstić information content (AvgIpc) is 2.92. The highest BCUT2D eigenvalue weighted by Crippen LogP contribution is 2.30. The second-order valence-corrected chi connectivity index (χ2v) is 5.61. The Morgan fingerprint density at radius 2 is 2.44 bits per heavy atom. The highest BCUT2D eigenvalue weighted by atomic mass is 32.1. The van der Waals surface area contributed by atoms with Gasteiger partial charge in [0.05, 0.1) is 7.11 Å². The molecule has 2 heterocycles. The standard InChI is InChI=1S/C13H20N2O2S/c1-3-15-8-10(12-5-4-6-18-12)7-11(9-15)14-13(16)17-2/h4-6,10-11H,3,7-9H2,1-2H3,(H,14,16). The molecule has 1 amide bonds. The van der Waals surface area contributed by atoms with Gasteiger partial charge in [0, 0.05) is 29.9 Å². The van der Waals surface area contributed by atoms with Gasteiger partial charge in [-0.1, -0.05) is 13.0 Å². The summed E-state index contributed by atoms with van der Waals surface area (Å²) < 4.78 is 4.68. The van der Waals surface area contributed by atoms with E-state index < -0.39 is 0 Å². The van der Waals surface area contributed by atoms with Crippen molar-refractivity contribution in [2.24, 2.45) is 0 Å². The van der Waals surface area contributed by atoms with E-state index in [4.69, 9.17) is 0 Å². The van der Waals surface area contributed by atoms with Gasteiger partial charge in [0.1, 0.15) is 0 Å². The molecule has 0 bridgehead atoms. The van der Waals surface area contributed by atoms with Crippen LogP contribution in [-0.4, -0.2) is 43.8 Å². The number of likely N-dealkylation sites (N-methyl/N-ethyl adjacent to an activating group) is 1. The van der Waals surface area contributed by atoms with E-state index >= 15 is 0 Å². The molecule has 0 spiro atoms. The van der Waals surface area contributed by atoms with Crippen molar-refractivity contribution in [3.63, 3.8) is 0 Å². The molecule has 2 rings (SSSR count). The fourth-order valence-corrected chi connectivity index (χ4v) is 3.34. The molecule has 0 aliphatic carbocycles. The number of rotatable bonds is 3. The molecule has 2 unspecified atom stereocenters. The number of amides is 1. The van der Waals surface area contributed by atoms with Crippen LogP contribution >= 0.6 is 11.3 Å². The third-order valence-electron chi connectivity index (χ3n) is 3.43. The molecule has 100 valence electrons. The first-order valence-corrected chi connectivity index (χ1v) is 7.21. The molecular formula is C13H20N2O2S. The maximum atomic E-state index is 11.3. The number of piperidine rings is 1. The Hall–Kier alpha value is -1.07. The van der Waals surface area contributed by atoms with Crippen LogP contribution in [0.1, 0.15) is 24.1 Å². The minimum absolute atomic E-state index is 0.179. The first kappa shape index (κ1) is 13.4. The number of ether oxygens (including phenoxy) is 1. The van der Waals surface area contributed by atoms with E-state index in [1.807, 2.05) is 0 Å². The maximum absolute atomic E-state index is 11.3. The second kappa shape index (κ2) is 6.20. The quantitative estimate of drug-likeness (QED) is 0.914. The molecule has 2 atom stereocenters. The Morgan fingerprint density at radius 3 is 3.06 bits per heavy atom. The Labute approximate surface area is 112 Å². The molecule has 1 aromatic rings. The van der Waals surface area contributed by atoms with Gasteiger partial charge in [-0.25, -0.2) is 4.79 Å². The van der Waals surface area contributed by atoms with Crippen molar-refractivity contribution in [2.75, 3.05) is 26.7 Å². The van der Waals surface area contributed by atoms with Gasteiger partial charge < -0.3 is 15.0 Å². The number of likely N-dealkylation sites (tertiary alicyclic amines) is 1. The van der Waals surface area contributed by atoms with Gasteiger partial charge in [-0.3, -0.25) is 0 Å². The highest BCUT2D eigenvalue weighted by Gasteiger charge is 2.29. The van der Waals surface area contributed by atoms with Crippen LogP contribution in [0.25, 0.3) is 0 Å². The monoisotopic (exact) mass is 268 g/mol. The zero-order valence-corrected chi connectivity index (χ0v) is 11.7. The fourth-order valence-electron chi connectivity index (χ4n) is 2.51. The summed E-state index contributed by atoms with van der Waals surface area (Å²) in [6.07, 6.45) is 0.662. The van der Waals surface area contributed by atoms with Gasteiger partial charge in [-0.15, -0.1) is 11.3 Å². The number of hydrogen-bond acceptors (Lipinski definition) is 4. The van der Waals surface area contributed by atoms with E-state index in [1.54, 1.807) is 11.3 Å². The van der Waals surface area contributed by atoms with E-state index in [1.165, 1.54) is 12.0 Å². The largest absolute Gasteiger partial charge is 0.453 e. The highest BCUT2D eigenvalue weighted by molar-refractivity contribution is 7.10. The molecule has 0 radical (unpaired) electrons. The summed E-state index contributed by atoms with van der Waals surface area (Å²) >= 11 is 1.80.